The number of hydrogen-bond acceptors (Lipinski definition) is 5. The smallest absolute Gasteiger partial charge is 0.333 e. The molecule has 150 valence electrons. The van der Waals surface area contributed by atoms with Gasteiger partial charge < -0.3 is 14.9 Å². The first-order chi connectivity index (χ1) is 12.7. The summed E-state index contributed by atoms with van der Waals surface area (Å²) in [6, 6.07) is 0. The van der Waals surface area contributed by atoms with E-state index in [0.29, 0.717) is 5.56 Å². The van der Waals surface area contributed by atoms with Crippen LogP contribution in [0.25, 0.3) is 0 Å². The summed E-state index contributed by atoms with van der Waals surface area (Å²) in [5.74, 6) is 0. The number of aliphatic hydroxyl groups is 2. The molecule has 2 N–H and O–H groups in total. The second-order valence-electron chi connectivity index (χ2n) is 7.40. The lowest BCUT2D eigenvalue weighted by Crippen LogP contribution is -2.42. The topological polar surface area (TPSA) is 93.7 Å². The van der Waals surface area contributed by atoms with Crippen LogP contribution in [0.3, 0.4) is 0 Å². The van der Waals surface area contributed by atoms with Gasteiger partial charge in [0.05, 0.1) is 12.7 Å². The molecule has 0 unspecified atom stereocenters. The SMILES string of the molecule is CC(C)=CCCC(C)=CCn1c(=O)c(C)cn([C@H]2C[C@H](O)[C@@H](CO)O2)c1=O. The summed E-state index contributed by atoms with van der Waals surface area (Å²) in [6.07, 6.45) is 5.24. The lowest BCUT2D eigenvalue weighted by atomic mass is 10.1. The fraction of sp³-hybridized carbons (Fsp3) is 0.600. The molecule has 2 rings (SSSR count). The van der Waals surface area contributed by atoms with Crippen LogP contribution in [0.1, 0.15) is 51.8 Å². The number of aryl methyl sites for hydroxylation is 1. The Labute approximate surface area is 159 Å². The van der Waals surface area contributed by atoms with Gasteiger partial charge in [-0.15, -0.1) is 0 Å². The molecular weight excluding hydrogens is 348 g/mol. The summed E-state index contributed by atoms with van der Waals surface area (Å²) in [6.45, 7) is 7.61. The molecule has 0 saturated carbocycles. The van der Waals surface area contributed by atoms with Gasteiger partial charge in [0, 0.05) is 24.7 Å². The van der Waals surface area contributed by atoms with Crippen molar-refractivity contribution in [3.63, 3.8) is 0 Å². The van der Waals surface area contributed by atoms with Crippen molar-refractivity contribution in [3.05, 3.63) is 55.9 Å². The number of hydrogen-bond donors (Lipinski definition) is 2. The Kier molecular flexibility index (Phi) is 7.35. The molecule has 7 heteroatoms. The Balaban J connectivity index is 2.25. The van der Waals surface area contributed by atoms with Crippen LogP contribution in [0.15, 0.2) is 39.1 Å². The largest absolute Gasteiger partial charge is 0.394 e. The summed E-state index contributed by atoms with van der Waals surface area (Å²) in [7, 11) is 0. The maximum Gasteiger partial charge on any atom is 0.333 e. The van der Waals surface area contributed by atoms with Crippen LogP contribution in [0, 0.1) is 6.92 Å². The molecule has 0 aromatic carbocycles. The first kappa shape index (κ1) is 21.3. The molecule has 0 radical (unpaired) electrons. The Morgan fingerprint density at radius 1 is 1.30 bits per heavy atom. The summed E-state index contributed by atoms with van der Waals surface area (Å²) in [5.41, 5.74) is 1.99. The molecule has 1 fully saturated rings. The maximum absolute atomic E-state index is 12.8. The van der Waals surface area contributed by atoms with E-state index in [4.69, 9.17) is 4.74 Å². The van der Waals surface area contributed by atoms with Crippen molar-refractivity contribution in [2.24, 2.45) is 0 Å². The summed E-state index contributed by atoms with van der Waals surface area (Å²) < 4.78 is 8.08. The predicted molar refractivity (Wildman–Crippen MR) is 104 cm³/mol. The van der Waals surface area contributed by atoms with Crippen LogP contribution in [0.4, 0.5) is 0 Å². The van der Waals surface area contributed by atoms with Crippen molar-refractivity contribution in [3.8, 4) is 0 Å². The summed E-state index contributed by atoms with van der Waals surface area (Å²) in [4.78, 5) is 25.2. The zero-order chi connectivity index (χ0) is 20.1. The maximum atomic E-state index is 12.8. The van der Waals surface area contributed by atoms with Gasteiger partial charge in [-0.05, 0) is 40.5 Å². The minimum absolute atomic E-state index is 0.193. The third-order valence-electron chi connectivity index (χ3n) is 4.77. The van der Waals surface area contributed by atoms with Crippen molar-refractivity contribution >= 4 is 0 Å². The van der Waals surface area contributed by atoms with Gasteiger partial charge in [0.15, 0.2) is 0 Å². The molecule has 1 aromatic heterocycles. The van der Waals surface area contributed by atoms with Crippen LogP contribution >= 0.6 is 0 Å². The quantitative estimate of drug-likeness (QED) is 0.704. The number of allylic oxidation sites excluding steroid dienone is 4. The molecule has 27 heavy (non-hydrogen) atoms. The van der Waals surface area contributed by atoms with Crippen molar-refractivity contribution in [2.45, 2.75) is 71.9 Å². The zero-order valence-corrected chi connectivity index (χ0v) is 16.5. The van der Waals surface area contributed by atoms with Crippen LogP contribution < -0.4 is 11.2 Å². The van der Waals surface area contributed by atoms with E-state index >= 15 is 0 Å². The number of aliphatic hydroxyl groups excluding tert-OH is 2. The van der Waals surface area contributed by atoms with Gasteiger partial charge in [0.2, 0.25) is 0 Å². The van der Waals surface area contributed by atoms with E-state index in [-0.39, 0.29) is 25.1 Å². The Bertz CT molecular complexity index is 830. The standard InChI is InChI=1S/C20H30N2O5/c1-13(2)6-5-7-14(3)8-9-21-19(25)15(4)11-22(20(21)26)18-10-16(24)17(12-23)27-18/h6,8,11,16-18,23-24H,5,7,9-10,12H2,1-4H3/t16-,17+,18+/m0/s1. The molecule has 0 bridgehead atoms. The highest BCUT2D eigenvalue weighted by atomic mass is 16.5. The predicted octanol–water partition coefficient (Wildman–Crippen LogP) is 1.65. The number of ether oxygens (including phenoxy) is 1. The second kappa shape index (κ2) is 9.30. The lowest BCUT2D eigenvalue weighted by molar-refractivity contribution is -0.0463. The van der Waals surface area contributed by atoms with Crippen molar-refractivity contribution < 1.29 is 14.9 Å². The Morgan fingerprint density at radius 3 is 2.59 bits per heavy atom. The zero-order valence-electron chi connectivity index (χ0n) is 16.5. The highest BCUT2D eigenvalue weighted by molar-refractivity contribution is 5.07. The number of rotatable bonds is 7. The van der Waals surface area contributed by atoms with E-state index < -0.39 is 24.1 Å². The van der Waals surface area contributed by atoms with E-state index in [9.17, 15) is 19.8 Å². The van der Waals surface area contributed by atoms with Gasteiger partial charge in [-0.2, -0.15) is 0 Å². The van der Waals surface area contributed by atoms with E-state index in [1.54, 1.807) is 6.92 Å². The number of nitrogens with zero attached hydrogens (tertiary/aromatic N) is 2. The first-order valence-corrected chi connectivity index (χ1v) is 9.30. The van der Waals surface area contributed by atoms with Crippen LogP contribution in [0.5, 0.6) is 0 Å². The van der Waals surface area contributed by atoms with Gasteiger partial charge in [0.1, 0.15) is 12.3 Å². The average Bonchev–Trinajstić information content (AvgIpc) is 2.98. The van der Waals surface area contributed by atoms with E-state index in [1.807, 2.05) is 13.0 Å². The van der Waals surface area contributed by atoms with Crippen LogP contribution in [0.2, 0.25) is 0 Å². The van der Waals surface area contributed by atoms with Gasteiger partial charge in [-0.25, -0.2) is 4.79 Å². The monoisotopic (exact) mass is 378 g/mol. The molecule has 1 aliphatic rings. The van der Waals surface area contributed by atoms with Crippen molar-refractivity contribution in [2.75, 3.05) is 6.61 Å². The van der Waals surface area contributed by atoms with Crippen LogP contribution in [-0.2, 0) is 11.3 Å². The molecule has 2 heterocycles. The summed E-state index contributed by atoms with van der Waals surface area (Å²) in [5, 5.41) is 19.2. The average molecular weight is 378 g/mol. The lowest BCUT2D eigenvalue weighted by Gasteiger charge is -2.17. The minimum Gasteiger partial charge on any atom is -0.394 e. The van der Waals surface area contributed by atoms with Crippen LogP contribution in [-0.4, -0.2) is 38.2 Å². The first-order valence-electron chi connectivity index (χ1n) is 9.30. The van der Waals surface area contributed by atoms with E-state index in [0.717, 1.165) is 18.4 Å². The molecular formula is C20H30N2O5. The number of aromatic nitrogens is 2. The molecule has 0 aliphatic carbocycles. The van der Waals surface area contributed by atoms with Gasteiger partial charge >= 0.3 is 5.69 Å². The second-order valence-corrected chi connectivity index (χ2v) is 7.40. The Hall–Kier alpha value is -1.96. The van der Waals surface area contributed by atoms with Crippen molar-refractivity contribution in [1.29, 1.82) is 0 Å². The summed E-state index contributed by atoms with van der Waals surface area (Å²) >= 11 is 0. The molecule has 1 aromatic rings. The van der Waals surface area contributed by atoms with Gasteiger partial charge in [-0.3, -0.25) is 13.9 Å². The fourth-order valence-electron chi connectivity index (χ4n) is 3.11. The van der Waals surface area contributed by atoms with E-state index in [2.05, 4.69) is 19.9 Å². The van der Waals surface area contributed by atoms with Gasteiger partial charge in [-0.1, -0.05) is 23.3 Å². The van der Waals surface area contributed by atoms with Gasteiger partial charge in [0.25, 0.3) is 5.56 Å². The van der Waals surface area contributed by atoms with E-state index in [1.165, 1.54) is 20.9 Å². The molecule has 7 nitrogen and oxygen atoms in total. The highest BCUT2D eigenvalue weighted by Crippen LogP contribution is 2.27. The van der Waals surface area contributed by atoms with Crippen molar-refractivity contribution in [1.82, 2.24) is 9.13 Å². The third-order valence-corrected chi connectivity index (χ3v) is 4.77. The Morgan fingerprint density at radius 2 is 2.00 bits per heavy atom. The molecule has 0 amide bonds. The molecule has 3 atom stereocenters. The third kappa shape index (κ3) is 5.28. The molecule has 0 spiro atoms. The minimum atomic E-state index is -0.843. The molecule has 1 aliphatic heterocycles. The highest BCUT2D eigenvalue weighted by Gasteiger charge is 2.35. The normalized spacial score (nSPS) is 22.9. The fourth-order valence-corrected chi connectivity index (χ4v) is 3.11. The molecule has 1 saturated heterocycles.